The van der Waals surface area contributed by atoms with Crippen molar-refractivity contribution in [3.05, 3.63) is 24.3 Å². The summed E-state index contributed by atoms with van der Waals surface area (Å²) in [6, 6.07) is 0. The van der Waals surface area contributed by atoms with E-state index in [1.165, 1.54) is 0 Å². The van der Waals surface area contributed by atoms with Crippen molar-refractivity contribution < 1.29 is 0 Å². The van der Waals surface area contributed by atoms with Gasteiger partial charge in [-0.1, -0.05) is 6.08 Å². The quantitative estimate of drug-likeness (QED) is 0.597. The van der Waals surface area contributed by atoms with Gasteiger partial charge in [0.25, 0.3) is 0 Å². The van der Waals surface area contributed by atoms with E-state index in [9.17, 15) is 0 Å². The second-order valence-electron chi connectivity index (χ2n) is 1.61. The van der Waals surface area contributed by atoms with E-state index < -0.39 is 0 Å². The summed E-state index contributed by atoms with van der Waals surface area (Å²) in [4.78, 5) is 6.87. The van der Waals surface area contributed by atoms with Crippen LogP contribution in [0.4, 0.5) is 0 Å². The van der Waals surface area contributed by atoms with Crippen LogP contribution in [-0.2, 0) is 0 Å². The SMILES string of the molecule is NCC=Cc1ncc[nH]1. The topological polar surface area (TPSA) is 54.7 Å². The Labute approximate surface area is 53.6 Å². The highest BCUT2D eigenvalue weighted by Crippen LogP contribution is 1.89. The van der Waals surface area contributed by atoms with Gasteiger partial charge in [0.1, 0.15) is 5.82 Å². The minimum absolute atomic E-state index is 0.556. The van der Waals surface area contributed by atoms with Gasteiger partial charge in [-0.25, -0.2) is 4.98 Å². The third-order valence-electron chi connectivity index (χ3n) is 0.931. The van der Waals surface area contributed by atoms with Crippen LogP contribution in [-0.4, -0.2) is 16.5 Å². The molecule has 9 heavy (non-hydrogen) atoms. The number of H-pyrrole nitrogens is 1. The van der Waals surface area contributed by atoms with Crippen molar-refractivity contribution in [3.63, 3.8) is 0 Å². The lowest BCUT2D eigenvalue weighted by molar-refractivity contribution is 1.23. The standard InChI is InChI=1S/C6H9N3/c7-3-1-2-6-8-4-5-9-6/h1-2,4-5H,3,7H2,(H,8,9). The fourth-order valence-corrected chi connectivity index (χ4v) is 0.548. The number of nitrogens with one attached hydrogen (secondary N) is 1. The van der Waals surface area contributed by atoms with Gasteiger partial charge >= 0.3 is 0 Å². The summed E-state index contributed by atoms with van der Waals surface area (Å²) in [7, 11) is 0. The van der Waals surface area contributed by atoms with Gasteiger partial charge in [0.15, 0.2) is 0 Å². The first-order chi connectivity index (χ1) is 4.43. The lowest BCUT2D eigenvalue weighted by Gasteiger charge is -1.79. The van der Waals surface area contributed by atoms with Gasteiger partial charge in [0.05, 0.1) is 0 Å². The van der Waals surface area contributed by atoms with Gasteiger partial charge in [0.2, 0.25) is 0 Å². The number of rotatable bonds is 2. The zero-order chi connectivity index (χ0) is 6.53. The molecule has 3 heteroatoms. The summed E-state index contributed by atoms with van der Waals surface area (Å²) in [6.45, 7) is 0.556. The molecule has 0 radical (unpaired) electrons. The maximum atomic E-state index is 5.22. The Balaban J connectivity index is 2.57. The van der Waals surface area contributed by atoms with Gasteiger partial charge in [-0.3, -0.25) is 0 Å². The van der Waals surface area contributed by atoms with Crippen molar-refractivity contribution in [2.45, 2.75) is 0 Å². The van der Waals surface area contributed by atoms with Crippen molar-refractivity contribution in [2.24, 2.45) is 5.73 Å². The summed E-state index contributed by atoms with van der Waals surface area (Å²) >= 11 is 0. The maximum absolute atomic E-state index is 5.22. The molecule has 1 rings (SSSR count). The Morgan fingerprint density at radius 3 is 3.22 bits per heavy atom. The largest absolute Gasteiger partial charge is 0.345 e. The summed E-state index contributed by atoms with van der Waals surface area (Å²) in [5, 5.41) is 0. The van der Waals surface area contributed by atoms with E-state index in [0.29, 0.717) is 6.54 Å². The molecule has 3 N–H and O–H groups in total. The molecule has 0 saturated carbocycles. The predicted octanol–water partition coefficient (Wildman–Crippen LogP) is 0.382. The maximum Gasteiger partial charge on any atom is 0.129 e. The first-order valence-electron chi connectivity index (χ1n) is 2.79. The lowest BCUT2D eigenvalue weighted by Crippen LogP contribution is -1.92. The van der Waals surface area contributed by atoms with E-state index in [1.807, 2.05) is 12.2 Å². The molecule has 0 amide bonds. The summed E-state index contributed by atoms with van der Waals surface area (Å²) in [5.41, 5.74) is 5.22. The molecular formula is C6H9N3. The Hall–Kier alpha value is -1.09. The predicted molar refractivity (Wildman–Crippen MR) is 36.7 cm³/mol. The van der Waals surface area contributed by atoms with E-state index in [0.717, 1.165) is 5.82 Å². The third-order valence-corrected chi connectivity index (χ3v) is 0.931. The van der Waals surface area contributed by atoms with Crippen LogP contribution in [0.5, 0.6) is 0 Å². The van der Waals surface area contributed by atoms with Gasteiger partial charge in [-0.15, -0.1) is 0 Å². The van der Waals surface area contributed by atoms with E-state index in [2.05, 4.69) is 9.97 Å². The molecule has 0 bridgehead atoms. The average molecular weight is 123 g/mol. The molecule has 0 aromatic carbocycles. The minimum Gasteiger partial charge on any atom is -0.345 e. The Kier molecular flexibility index (Phi) is 2.04. The molecule has 0 atom stereocenters. The van der Waals surface area contributed by atoms with Crippen LogP contribution in [0.15, 0.2) is 18.5 Å². The Morgan fingerprint density at radius 1 is 1.78 bits per heavy atom. The van der Waals surface area contributed by atoms with Crippen molar-refractivity contribution in [1.29, 1.82) is 0 Å². The van der Waals surface area contributed by atoms with Crippen LogP contribution in [0.1, 0.15) is 5.82 Å². The third kappa shape index (κ3) is 1.70. The average Bonchev–Trinajstić information content (AvgIpc) is 2.34. The highest BCUT2D eigenvalue weighted by Gasteiger charge is 1.81. The van der Waals surface area contributed by atoms with Crippen LogP contribution in [0, 0.1) is 0 Å². The van der Waals surface area contributed by atoms with E-state index in [-0.39, 0.29) is 0 Å². The van der Waals surface area contributed by atoms with E-state index in [1.54, 1.807) is 12.4 Å². The minimum atomic E-state index is 0.556. The van der Waals surface area contributed by atoms with Crippen LogP contribution in [0.25, 0.3) is 6.08 Å². The second-order valence-corrected chi connectivity index (χ2v) is 1.61. The first kappa shape index (κ1) is 6.04. The van der Waals surface area contributed by atoms with Crippen LogP contribution >= 0.6 is 0 Å². The van der Waals surface area contributed by atoms with Crippen molar-refractivity contribution >= 4 is 6.08 Å². The smallest absolute Gasteiger partial charge is 0.129 e. The number of aromatic amines is 1. The molecule has 0 fully saturated rings. The second kappa shape index (κ2) is 3.04. The highest BCUT2D eigenvalue weighted by molar-refractivity contribution is 5.39. The van der Waals surface area contributed by atoms with Crippen LogP contribution in [0.2, 0.25) is 0 Å². The summed E-state index contributed by atoms with van der Waals surface area (Å²) in [6.07, 6.45) is 7.17. The number of nitrogens with zero attached hydrogens (tertiary/aromatic N) is 1. The van der Waals surface area contributed by atoms with Crippen molar-refractivity contribution in [2.75, 3.05) is 6.54 Å². The molecule has 0 aliphatic rings. The lowest BCUT2D eigenvalue weighted by atomic mass is 10.5. The molecule has 3 nitrogen and oxygen atoms in total. The highest BCUT2D eigenvalue weighted by atomic mass is 14.9. The number of hydrogen-bond acceptors (Lipinski definition) is 2. The van der Waals surface area contributed by atoms with E-state index in [4.69, 9.17) is 5.73 Å². The van der Waals surface area contributed by atoms with Crippen LogP contribution < -0.4 is 5.73 Å². The normalized spacial score (nSPS) is 10.8. The number of nitrogens with two attached hydrogens (primary N) is 1. The van der Waals surface area contributed by atoms with Gasteiger partial charge in [0, 0.05) is 18.9 Å². The summed E-state index contributed by atoms with van der Waals surface area (Å²) < 4.78 is 0. The van der Waals surface area contributed by atoms with Crippen molar-refractivity contribution in [3.8, 4) is 0 Å². The van der Waals surface area contributed by atoms with Gasteiger partial charge in [-0.2, -0.15) is 0 Å². The molecule has 1 heterocycles. The number of aromatic nitrogens is 2. The molecular weight excluding hydrogens is 114 g/mol. The zero-order valence-electron chi connectivity index (χ0n) is 5.04. The van der Waals surface area contributed by atoms with Crippen LogP contribution in [0.3, 0.4) is 0 Å². The molecule has 1 aromatic heterocycles. The zero-order valence-corrected chi connectivity index (χ0v) is 5.04. The molecule has 1 aromatic rings. The molecule has 0 aliphatic carbocycles. The van der Waals surface area contributed by atoms with Crippen molar-refractivity contribution in [1.82, 2.24) is 9.97 Å². The molecule has 0 unspecified atom stereocenters. The number of imidazole rings is 1. The Morgan fingerprint density at radius 2 is 2.67 bits per heavy atom. The molecule has 0 saturated heterocycles. The fraction of sp³-hybridized carbons (Fsp3) is 0.167. The van der Waals surface area contributed by atoms with Gasteiger partial charge in [-0.05, 0) is 6.08 Å². The fourth-order valence-electron chi connectivity index (χ4n) is 0.548. The van der Waals surface area contributed by atoms with Gasteiger partial charge < -0.3 is 10.7 Å². The summed E-state index contributed by atoms with van der Waals surface area (Å²) in [5.74, 6) is 0.848. The monoisotopic (exact) mass is 123 g/mol. The molecule has 48 valence electrons. The van der Waals surface area contributed by atoms with E-state index >= 15 is 0 Å². The molecule has 0 spiro atoms. The first-order valence-corrected chi connectivity index (χ1v) is 2.79. The Bertz CT molecular complexity index is 176. The molecule has 0 aliphatic heterocycles. The number of hydrogen-bond donors (Lipinski definition) is 2.